The van der Waals surface area contributed by atoms with Crippen LogP contribution < -0.4 is 4.72 Å². The molecule has 0 aromatic carbocycles. The first-order valence-electron chi connectivity index (χ1n) is 7.21. The standard InChI is InChI=1S/C13H19N5O3S/c1-8(2)11(17-22(19,20)9-4-5-9)13-14-12(16-21-13)10-6-7-18(3)15-10/h6-9,11,17H,4-5H2,1-3H3/t11-/m1/s1. The van der Waals surface area contributed by atoms with Crippen molar-refractivity contribution in [3.05, 3.63) is 18.2 Å². The van der Waals surface area contributed by atoms with Gasteiger partial charge < -0.3 is 4.52 Å². The first-order valence-corrected chi connectivity index (χ1v) is 8.76. The molecule has 1 aliphatic carbocycles. The Morgan fingerprint density at radius 1 is 1.41 bits per heavy atom. The first-order chi connectivity index (χ1) is 10.4. The van der Waals surface area contributed by atoms with E-state index in [1.54, 1.807) is 24.0 Å². The Labute approximate surface area is 129 Å². The van der Waals surface area contributed by atoms with Crippen LogP contribution in [-0.2, 0) is 17.1 Å². The molecular weight excluding hydrogens is 306 g/mol. The Balaban J connectivity index is 1.84. The predicted molar refractivity (Wildman–Crippen MR) is 79.2 cm³/mol. The molecule has 1 aliphatic rings. The average molecular weight is 325 g/mol. The molecule has 9 heteroatoms. The molecule has 2 heterocycles. The summed E-state index contributed by atoms with van der Waals surface area (Å²) in [6.07, 6.45) is 3.20. The Bertz CT molecular complexity index is 760. The van der Waals surface area contributed by atoms with Crippen LogP contribution in [0.2, 0.25) is 0 Å². The van der Waals surface area contributed by atoms with Gasteiger partial charge in [0.2, 0.25) is 21.7 Å². The zero-order valence-corrected chi connectivity index (χ0v) is 13.5. The first kappa shape index (κ1) is 15.2. The average Bonchev–Trinajstić information content (AvgIpc) is 3.06. The highest BCUT2D eigenvalue weighted by Crippen LogP contribution is 2.31. The van der Waals surface area contributed by atoms with Gasteiger partial charge in [0.25, 0.3) is 0 Å². The van der Waals surface area contributed by atoms with Crippen molar-refractivity contribution in [2.75, 3.05) is 0 Å². The van der Waals surface area contributed by atoms with Crippen LogP contribution in [0.4, 0.5) is 0 Å². The lowest BCUT2D eigenvalue weighted by molar-refractivity contribution is 0.311. The maximum Gasteiger partial charge on any atom is 0.245 e. The number of hydrogen-bond donors (Lipinski definition) is 1. The van der Waals surface area contributed by atoms with E-state index in [0.29, 0.717) is 24.4 Å². The van der Waals surface area contributed by atoms with Crippen molar-refractivity contribution in [3.63, 3.8) is 0 Å². The number of sulfonamides is 1. The lowest BCUT2D eigenvalue weighted by atomic mass is 10.1. The molecule has 0 spiro atoms. The van der Waals surface area contributed by atoms with Crippen molar-refractivity contribution in [1.29, 1.82) is 0 Å². The zero-order valence-electron chi connectivity index (χ0n) is 12.7. The third-order valence-electron chi connectivity index (χ3n) is 3.57. The molecule has 1 fully saturated rings. The number of rotatable bonds is 6. The Morgan fingerprint density at radius 3 is 2.68 bits per heavy atom. The van der Waals surface area contributed by atoms with E-state index in [9.17, 15) is 8.42 Å². The van der Waals surface area contributed by atoms with Crippen molar-refractivity contribution in [3.8, 4) is 11.5 Å². The minimum absolute atomic E-state index is 0.00874. The van der Waals surface area contributed by atoms with Gasteiger partial charge in [-0.3, -0.25) is 4.68 Å². The van der Waals surface area contributed by atoms with E-state index >= 15 is 0 Å². The number of nitrogens with one attached hydrogen (secondary N) is 1. The van der Waals surface area contributed by atoms with Crippen LogP contribution in [-0.4, -0.2) is 33.6 Å². The molecule has 1 N–H and O–H groups in total. The molecule has 1 saturated carbocycles. The summed E-state index contributed by atoms with van der Waals surface area (Å²) in [4.78, 5) is 4.30. The molecule has 0 aliphatic heterocycles. The molecule has 0 amide bonds. The largest absolute Gasteiger partial charge is 0.337 e. The van der Waals surface area contributed by atoms with Gasteiger partial charge in [0.05, 0.1) is 5.25 Å². The van der Waals surface area contributed by atoms with E-state index < -0.39 is 16.1 Å². The van der Waals surface area contributed by atoms with Gasteiger partial charge in [-0.1, -0.05) is 19.0 Å². The summed E-state index contributed by atoms with van der Waals surface area (Å²) in [5.41, 5.74) is 0.588. The second-order valence-electron chi connectivity index (χ2n) is 5.91. The van der Waals surface area contributed by atoms with E-state index in [2.05, 4.69) is 20.0 Å². The van der Waals surface area contributed by atoms with E-state index in [1.807, 2.05) is 13.8 Å². The lowest BCUT2D eigenvalue weighted by Crippen LogP contribution is -2.34. The van der Waals surface area contributed by atoms with E-state index in [-0.39, 0.29) is 17.1 Å². The van der Waals surface area contributed by atoms with Crippen molar-refractivity contribution < 1.29 is 12.9 Å². The number of nitrogens with zero attached hydrogens (tertiary/aromatic N) is 4. The van der Waals surface area contributed by atoms with Gasteiger partial charge in [-0.25, -0.2) is 13.1 Å². The monoisotopic (exact) mass is 325 g/mol. The van der Waals surface area contributed by atoms with Gasteiger partial charge in [0.15, 0.2) is 0 Å². The van der Waals surface area contributed by atoms with Crippen LogP contribution >= 0.6 is 0 Å². The highest BCUT2D eigenvalue weighted by atomic mass is 32.2. The van der Waals surface area contributed by atoms with Gasteiger partial charge in [0.1, 0.15) is 11.7 Å². The van der Waals surface area contributed by atoms with Crippen LogP contribution in [0.25, 0.3) is 11.5 Å². The molecule has 0 saturated heterocycles. The lowest BCUT2D eigenvalue weighted by Gasteiger charge is -2.18. The van der Waals surface area contributed by atoms with Crippen molar-refractivity contribution in [1.82, 2.24) is 24.6 Å². The number of hydrogen-bond acceptors (Lipinski definition) is 6. The topological polar surface area (TPSA) is 103 Å². The third-order valence-corrected chi connectivity index (χ3v) is 5.50. The Hall–Kier alpha value is -1.74. The molecule has 0 radical (unpaired) electrons. The fourth-order valence-corrected chi connectivity index (χ4v) is 3.80. The van der Waals surface area contributed by atoms with Gasteiger partial charge in [-0.05, 0) is 24.8 Å². The second-order valence-corrected chi connectivity index (χ2v) is 7.91. The Morgan fingerprint density at radius 2 is 2.14 bits per heavy atom. The molecule has 0 bridgehead atoms. The SMILES string of the molecule is CC(C)[C@@H](NS(=O)(=O)C1CC1)c1nc(-c2ccn(C)n2)no1. The summed E-state index contributed by atoms with van der Waals surface area (Å²) in [7, 11) is -1.53. The molecule has 120 valence electrons. The van der Waals surface area contributed by atoms with Crippen LogP contribution in [0.3, 0.4) is 0 Å². The van der Waals surface area contributed by atoms with Crippen molar-refractivity contribution in [2.24, 2.45) is 13.0 Å². The molecule has 8 nitrogen and oxygen atoms in total. The predicted octanol–water partition coefficient (Wildman–Crippen LogP) is 1.25. The molecule has 3 rings (SSSR count). The Kier molecular flexibility index (Phi) is 3.77. The minimum atomic E-state index is -3.33. The van der Waals surface area contributed by atoms with Gasteiger partial charge in [-0.2, -0.15) is 10.1 Å². The molecular formula is C13H19N5O3S. The van der Waals surface area contributed by atoms with Crippen molar-refractivity contribution >= 4 is 10.0 Å². The third kappa shape index (κ3) is 3.05. The summed E-state index contributed by atoms with van der Waals surface area (Å²) >= 11 is 0. The summed E-state index contributed by atoms with van der Waals surface area (Å²) in [5.74, 6) is 0.609. The summed E-state index contributed by atoms with van der Waals surface area (Å²) in [6.45, 7) is 3.81. The second kappa shape index (κ2) is 5.47. The molecule has 0 unspecified atom stereocenters. The number of aryl methyl sites for hydroxylation is 1. The molecule has 2 aromatic rings. The van der Waals surface area contributed by atoms with Crippen LogP contribution in [0.15, 0.2) is 16.8 Å². The fourth-order valence-electron chi connectivity index (χ4n) is 2.12. The van der Waals surface area contributed by atoms with Crippen LogP contribution in [0.1, 0.15) is 38.6 Å². The number of aromatic nitrogens is 4. The van der Waals surface area contributed by atoms with E-state index in [0.717, 1.165) is 0 Å². The normalized spacial score (nSPS) is 17.1. The zero-order chi connectivity index (χ0) is 15.9. The van der Waals surface area contributed by atoms with Gasteiger partial charge in [-0.15, -0.1) is 0 Å². The highest BCUT2D eigenvalue weighted by molar-refractivity contribution is 7.90. The summed E-state index contributed by atoms with van der Waals surface area (Å²) in [6, 6.07) is 1.24. The maximum atomic E-state index is 12.1. The van der Waals surface area contributed by atoms with Gasteiger partial charge >= 0.3 is 0 Å². The minimum Gasteiger partial charge on any atom is -0.337 e. The van der Waals surface area contributed by atoms with Crippen LogP contribution in [0.5, 0.6) is 0 Å². The maximum absolute atomic E-state index is 12.1. The van der Waals surface area contributed by atoms with Gasteiger partial charge in [0, 0.05) is 13.2 Å². The summed E-state index contributed by atoms with van der Waals surface area (Å²) in [5, 5.41) is 7.82. The smallest absolute Gasteiger partial charge is 0.245 e. The highest BCUT2D eigenvalue weighted by Gasteiger charge is 2.39. The molecule has 2 aromatic heterocycles. The van der Waals surface area contributed by atoms with E-state index in [1.165, 1.54) is 0 Å². The van der Waals surface area contributed by atoms with Crippen LogP contribution in [0, 0.1) is 5.92 Å². The quantitative estimate of drug-likeness (QED) is 0.857. The molecule has 22 heavy (non-hydrogen) atoms. The molecule has 1 atom stereocenters. The fraction of sp³-hybridized carbons (Fsp3) is 0.615. The van der Waals surface area contributed by atoms with Crippen molar-refractivity contribution in [2.45, 2.75) is 38.0 Å². The van der Waals surface area contributed by atoms with E-state index in [4.69, 9.17) is 4.52 Å². The summed E-state index contributed by atoms with van der Waals surface area (Å²) < 4.78 is 33.9.